The van der Waals surface area contributed by atoms with E-state index in [-0.39, 0.29) is 17.5 Å². The number of carbonyl (C=O) groups is 2. The summed E-state index contributed by atoms with van der Waals surface area (Å²) in [6.45, 7) is 3.56. The number of non-ortho nitro benzene ring substituents is 1. The second-order valence-corrected chi connectivity index (χ2v) is 6.23. The van der Waals surface area contributed by atoms with Crippen molar-refractivity contribution < 1.29 is 19.2 Å². The minimum absolute atomic E-state index is 0.0497. The maximum absolute atomic E-state index is 12.1. The van der Waals surface area contributed by atoms with E-state index in [0.29, 0.717) is 22.7 Å². The minimum Gasteiger partial charge on any atom is -0.494 e. The third-order valence-corrected chi connectivity index (χ3v) is 3.76. The van der Waals surface area contributed by atoms with Crippen LogP contribution in [0.4, 0.5) is 17.1 Å². The maximum Gasteiger partial charge on any atom is 0.270 e. The number of rotatable bonds is 7. The molecule has 0 heterocycles. The van der Waals surface area contributed by atoms with Gasteiger partial charge in [-0.1, -0.05) is 26.0 Å². The van der Waals surface area contributed by atoms with Gasteiger partial charge in [0.15, 0.2) is 0 Å². The number of hydrogen-bond donors (Lipinski definition) is 2. The molecule has 2 aromatic carbocycles. The number of nitrogens with one attached hydrogen (secondary N) is 2. The number of nitro groups is 1. The van der Waals surface area contributed by atoms with Crippen molar-refractivity contribution in [1.29, 1.82) is 0 Å². The van der Waals surface area contributed by atoms with Gasteiger partial charge < -0.3 is 15.4 Å². The number of methoxy groups -OCH3 is 1. The Hall–Kier alpha value is -3.68. The molecule has 0 spiro atoms. The molecule has 0 aliphatic heterocycles. The Labute approximate surface area is 162 Å². The highest BCUT2D eigenvalue weighted by Crippen LogP contribution is 2.28. The first-order valence-corrected chi connectivity index (χ1v) is 8.52. The lowest BCUT2D eigenvalue weighted by molar-refractivity contribution is -0.384. The van der Waals surface area contributed by atoms with E-state index in [0.717, 1.165) is 0 Å². The van der Waals surface area contributed by atoms with Gasteiger partial charge in [0.2, 0.25) is 11.8 Å². The van der Waals surface area contributed by atoms with Gasteiger partial charge in [-0.15, -0.1) is 0 Å². The lowest BCUT2D eigenvalue weighted by Crippen LogP contribution is -2.18. The predicted molar refractivity (Wildman–Crippen MR) is 107 cm³/mol. The van der Waals surface area contributed by atoms with Gasteiger partial charge in [-0.2, -0.15) is 0 Å². The Morgan fingerprint density at radius 2 is 1.89 bits per heavy atom. The van der Waals surface area contributed by atoms with E-state index >= 15 is 0 Å². The first kappa shape index (κ1) is 20.6. The van der Waals surface area contributed by atoms with Crippen molar-refractivity contribution in [2.75, 3.05) is 17.7 Å². The Kier molecular flexibility index (Phi) is 6.86. The van der Waals surface area contributed by atoms with Crippen LogP contribution in [0.5, 0.6) is 5.75 Å². The van der Waals surface area contributed by atoms with Crippen molar-refractivity contribution in [2.45, 2.75) is 13.8 Å². The topological polar surface area (TPSA) is 111 Å². The number of carbonyl (C=O) groups excluding carboxylic acids is 2. The lowest BCUT2D eigenvalue weighted by Gasteiger charge is -2.13. The van der Waals surface area contributed by atoms with E-state index in [1.54, 1.807) is 44.2 Å². The molecule has 2 aromatic rings. The number of nitrogens with zero attached hydrogens (tertiary/aromatic N) is 1. The molecule has 2 N–H and O–H groups in total. The van der Waals surface area contributed by atoms with E-state index in [4.69, 9.17) is 4.74 Å². The molecular formula is C20H21N3O5. The smallest absolute Gasteiger partial charge is 0.270 e. The molecule has 8 nitrogen and oxygen atoms in total. The molecule has 0 aromatic heterocycles. The summed E-state index contributed by atoms with van der Waals surface area (Å²) in [5, 5.41) is 16.2. The molecule has 0 saturated heterocycles. The molecule has 0 atom stereocenters. The van der Waals surface area contributed by atoms with Crippen molar-refractivity contribution in [2.24, 2.45) is 5.92 Å². The highest BCUT2D eigenvalue weighted by atomic mass is 16.6. The van der Waals surface area contributed by atoms with E-state index < -0.39 is 10.8 Å². The molecule has 0 unspecified atom stereocenters. The third kappa shape index (κ3) is 5.66. The van der Waals surface area contributed by atoms with Crippen molar-refractivity contribution in [3.05, 3.63) is 64.2 Å². The van der Waals surface area contributed by atoms with Gasteiger partial charge in [-0.05, 0) is 23.8 Å². The summed E-state index contributed by atoms with van der Waals surface area (Å²) in [6, 6.07) is 10.8. The van der Waals surface area contributed by atoms with Crippen LogP contribution in [0.3, 0.4) is 0 Å². The predicted octanol–water partition coefficient (Wildman–Crippen LogP) is 3.85. The second-order valence-electron chi connectivity index (χ2n) is 6.23. The molecule has 0 radical (unpaired) electrons. The zero-order valence-corrected chi connectivity index (χ0v) is 15.8. The lowest BCUT2D eigenvalue weighted by atomic mass is 10.2. The molecule has 0 aliphatic rings. The van der Waals surface area contributed by atoms with Gasteiger partial charge in [0, 0.05) is 35.9 Å². The minimum atomic E-state index is -0.497. The summed E-state index contributed by atoms with van der Waals surface area (Å²) < 4.78 is 5.27. The van der Waals surface area contributed by atoms with Crippen molar-refractivity contribution in [1.82, 2.24) is 0 Å². The van der Waals surface area contributed by atoms with Gasteiger partial charge in [0.25, 0.3) is 5.69 Å². The molecule has 8 heteroatoms. The summed E-state index contributed by atoms with van der Waals surface area (Å²) >= 11 is 0. The number of amides is 2. The van der Waals surface area contributed by atoms with Crippen LogP contribution >= 0.6 is 0 Å². The van der Waals surface area contributed by atoms with Crippen molar-refractivity contribution in [3.8, 4) is 5.75 Å². The number of hydrogen-bond acceptors (Lipinski definition) is 5. The summed E-state index contributed by atoms with van der Waals surface area (Å²) in [7, 11) is 1.47. The van der Waals surface area contributed by atoms with Crippen LogP contribution in [0.2, 0.25) is 0 Å². The fourth-order valence-corrected chi connectivity index (χ4v) is 2.25. The monoisotopic (exact) mass is 383 g/mol. The van der Waals surface area contributed by atoms with Crippen LogP contribution < -0.4 is 15.4 Å². The molecule has 2 amide bonds. The standard InChI is InChI=1S/C20H21N3O5/c1-13(2)20(25)22-17-9-8-15(12-18(17)28-3)21-19(24)10-7-14-5-4-6-16(11-14)23(26)27/h4-13H,1-3H3,(H,21,24)(H,22,25). The van der Waals surface area contributed by atoms with Crippen LogP contribution in [0.15, 0.2) is 48.5 Å². The van der Waals surface area contributed by atoms with Crippen LogP contribution in [-0.4, -0.2) is 23.8 Å². The number of nitro benzene ring substituents is 1. The van der Waals surface area contributed by atoms with Crippen molar-refractivity contribution in [3.63, 3.8) is 0 Å². The Bertz CT molecular complexity index is 922. The van der Waals surface area contributed by atoms with Crippen LogP contribution in [0.1, 0.15) is 19.4 Å². The number of benzene rings is 2. The van der Waals surface area contributed by atoms with E-state index in [1.165, 1.54) is 31.4 Å². The Morgan fingerprint density at radius 3 is 2.54 bits per heavy atom. The molecule has 0 aliphatic carbocycles. The summed E-state index contributed by atoms with van der Waals surface area (Å²) in [5.74, 6) is -0.319. The Morgan fingerprint density at radius 1 is 1.14 bits per heavy atom. The summed E-state index contributed by atoms with van der Waals surface area (Å²) in [4.78, 5) is 34.2. The quantitative estimate of drug-likeness (QED) is 0.429. The van der Waals surface area contributed by atoms with Gasteiger partial charge in [-0.3, -0.25) is 19.7 Å². The van der Waals surface area contributed by atoms with Gasteiger partial charge in [0.05, 0.1) is 17.7 Å². The molecule has 28 heavy (non-hydrogen) atoms. The zero-order valence-electron chi connectivity index (χ0n) is 15.8. The average molecular weight is 383 g/mol. The van der Waals surface area contributed by atoms with E-state index in [9.17, 15) is 19.7 Å². The van der Waals surface area contributed by atoms with Crippen molar-refractivity contribution >= 4 is 35.0 Å². The number of anilines is 2. The maximum atomic E-state index is 12.1. The normalized spacial score (nSPS) is 10.7. The van der Waals surface area contributed by atoms with Gasteiger partial charge in [0.1, 0.15) is 5.75 Å². The largest absolute Gasteiger partial charge is 0.494 e. The highest BCUT2D eigenvalue weighted by molar-refractivity contribution is 6.02. The molecule has 0 fully saturated rings. The molecule has 0 bridgehead atoms. The van der Waals surface area contributed by atoms with E-state index in [2.05, 4.69) is 10.6 Å². The molecule has 2 rings (SSSR count). The fraction of sp³-hybridized carbons (Fsp3) is 0.200. The fourth-order valence-electron chi connectivity index (χ4n) is 2.25. The SMILES string of the molecule is COc1cc(NC(=O)C=Cc2cccc([N+](=O)[O-])c2)ccc1NC(=O)C(C)C. The Balaban J connectivity index is 2.08. The zero-order chi connectivity index (χ0) is 20.7. The van der Waals surface area contributed by atoms with Crippen LogP contribution in [0, 0.1) is 16.0 Å². The van der Waals surface area contributed by atoms with Crippen LogP contribution in [0.25, 0.3) is 6.08 Å². The van der Waals surface area contributed by atoms with Crippen LogP contribution in [-0.2, 0) is 9.59 Å². The van der Waals surface area contributed by atoms with Gasteiger partial charge >= 0.3 is 0 Å². The third-order valence-electron chi connectivity index (χ3n) is 3.76. The average Bonchev–Trinajstić information content (AvgIpc) is 2.67. The number of ether oxygens (including phenoxy) is 1. The summed E-state index contributed by atoms with van der Waals surface area (Å²) in [6.07, 6.45) is 2.76. The molecule has 146 valence electrons. The summed E-state index contributed by atoms with van der Waals surface area (Å²) in [5.41, 5.74) is 1.47. The first-order valence-electron chi connectivity index (χ1n) is 8.52. The molecular weight excluding hydrogens is 362 g/mol. The first-order chi connectivity index (χ1) is 13.3. The second kappa shape index (κ2) is 9.31. The molecule has 0 saturated carbocycles. The van der Waals surface area contributed by atoms with Gasteiger partial charge in [-0.25, -0.2) is 0 Å². The highest BCUT2D eigenvalue weighted by Gasteiger charge is 2.12. The van der Waals surface area contributed by atoms with E-state index in [1.807, 2.05) is 0 Å².